The number of carbonyl (C=O) groups excluding carboxylic acids is 1. The Labute approximate surface area is 141 Å². The van der Waals surface area contributed by atoms with E-state index in [0.29, 0.717) is 5.16 Å². The number of halogens is 2. The number of para-hydroxylation sites is 1. The number of aromatic nitrogens is 2. The summed E-state index contributed by atoms with van der Waals surface area (Å²) in [5.41, 5.74) is 0.885. The Morgan fingerprint density at radius 2 is 1.88 bits per heavy atom. The molecule has 3 rings (SSSR count). The van der Waals surface area contributed by atoms with Gasteiger partial charge in [-0.1, -0.05) is 23.9 Å². The van der Waals surface area contributed by atoms with E-state index >= 15 is 0 Å². The van der Waals surface area contributed by atoms with E-state index in [4.69, 9.17) is 0 Å². The molecule has 1 N–H and O–H groups in total. The monoisotopic (exact) mass is 345 g/mol. The third-order valence-corrected chi connectivity index (χ3v) is 4.16. The first kappa shape index (κ1) is 16.2. The van der Waals surface area contributed by atoms with Gasteiger partial charge in [0.15, 0.2) is 5.16 Å². The van der Waals surface area contributed by atoms with Crippen LogP contribution in [0.2, 0.25) is 0 Å². The lowest BCUT2D eigenvalue weighted by molar-refractivity contribution is -0.113. The van der Waals surface area contributed by atoms with Gasteiger partial charge < -0.3 is 5.32 Å². The van der Waals surface area contributed by atoms with Crippen LogP contribution >= 0.6 is 11.8 Å². The number of hydrogen-bond acceptors (Lipinski definition) is 3. The summed E-state index contributed by atoms with van der Waals surface area (Å²) in [5, 5.41) is 3.11. The van der Waals surface area contributed by atoms with E-state index in [1.807, 2.05) is 0 Å². The summed E-state index contributed by atoms with van der Waals surface area (Å²) in [5.74, 6) is -1.06. The largest absolute Gasteiger partial charge is 0.323 e. The number of carbonyl (C=O) groups is 1. The molecule has 0 aliphatic rings. The Hall–Kier alpha value is -2.67. The Bertz CT molecular complexity index is 849. The van der Waals surface area contributed by atoms with Crippen molar-refractivity contribution in [3.05, 3.63) is 72.6 Å². The molecule has 1 heterocycles. The van der Waals surface area contributed by atoms with Crippen molar-refractivity contribution in [3.8, 4) is 5.69 Å². The fourth-order valence-electron chi connectivity index (χ4n) is 2.07. The molecule has 1 aromatic heterocycles. The molecule has 0 radical (unpaired) electrons. The SMILES string of the molecule is O=C(CSc1nccn1-c1ccc(F)cc1)Nc1ccccc1F. The fraction of sp³-hybridized carbons (Fsp3) is 0.0588. The Morgan fingerprint density at radius 1 is 1.12 bits per heavy atom. The van der Waals surface area contributed by atoms with E-state index in [9.17, 15) is 13.6 Å². The van der Waals surface area contributed by atoms with Gasteiger partial charge in [-0.3, -0.25) is 9.36 Å². The van der Waals surface area contributed by atoms with E-state index in [1.54, 1.807) is 41.2 Å². The molecule has 0 fully saturated rings. The molecule has 0 bridgehead atoms. The van der Waals surface area contributed by atoms with E-state index in [1.165, 1.54) is 36.0 Å². The smallest absolute Gasteiger partial charge is 0.234 e. The lowest BCUT2D eigenvalue weighted by atomic mass is 10.3. The minimum Gasteiger partial charge on any atom is -0.323 e. The zero-order valence-electron chi connectivity index (χ0n) is 12.4. The number of rotatable bonds is 5. The number of amides is 1. The van der Waals surface area contributed by atoms with Gasteiger partial charge in [0.1, 0.15) is 11.6 Å². The highest BCUT2D eigenvalue weighted by Crippen LogP contribution is 2.21. The predicted molar refractivity (Wildman–Crippen MR) is 89.3 cm³/mol. The fourth-order valence-corrected chi connectivity index (χ4v) is 2.85. The number of anilines is 1. The van der Waals surface area contributed by atoms with Gasteiger partial charge in [-0.15, -0.1) is 0 Å². The number of imidazole rings is 1. The maximum absolute atomic E-state index is 13.5. The van der Waals surface area contributed by atoms with Gasteiger partial charge in [0.25, 0.3) is 0 Å². The molecule has 0 aliphatic carbocycles. The number of nitrogens with one attached hydrogen (secondary N) is 1. The molecule has 3 aromatic rings. The molecule has 0 saturated carbocycles. The zero-order valence-corrected chi connectivity index (χ0v) is 13.3. The number of thioether (sulfide) groups is 1. The second-order valence-electron chi connectivity index (χ2n) is 4.87. The summed E-state index contributed by atoms with van der Waals surface area (Å²) >= 11 is 1.21. The molecule has 1 amide bonds. The van der Waals surface area contributed by atoms with Crippen LogP contribution in [0.4, 0.5) is 14.5 Å². The molecule has 0 aliphatic heterocycles. The molecular weight excluding hydrogens is 332 g/mol. The first-order valence-electron chi connectivity index (χ1n) is 7.10. The van der Waals surface area contributed by atoms with Crippen molar-refractivity contribution >= 4 is 23.4 Å². The van der Waals surface area contributed by atoms with Crippen molar-refractivity contribution in [2.24, 2.45) is 0 Å². The summed E-state index contributed by atoms with van der Waals surface area (Å²) in [6, 6.07) is 11.9. The first-order valence-corrected chi connectivity index (χ1v) is 8.08. The van der Waals surface area contributed by atoms with Gasteiger partial charge in [-0.05, 0) is 36.4 Å². The van der Waals surface area contributed by atoms with Gasteiger partial charge in [-0.2, -0.15) is 0 Å². The van der Waals surface area contributed by atoms with Crippen LogP contribution in [0, 0.1) is 11.6 Å². The Kier molecular flexibility index (Phi) is 4.90. The summed E-state index contributed by atoms with van der Waals surface area (Å²) in [6.45, 7) is 0. The van der Waals surface area contributed by atoms with Gasteiger partial charge >= 0.3 is 0 Å². The molecule has 24 heavy (non-hydrogen) atoms. The molecule has 7 heteroatoms. The average molecular weight is 345 g/mol. The topological polar surface area (TPSA) is 46.9 Å². The molecule has 0 atom stereocenters. The number of benzene rings is 2. The predicted octanol–water partition coefficient (Wildman–Crippen LogP) is 3.88. The average Bonchev–Trinajstić information content (AvgIpc) is 3.04. The van der Waals surface area contributed by atoms with Crippen molar-refractivity contribution in [2.75, 3.05) is 11.1 Å². The molecule has 4 nitrogen and oxygen atoms in total. The summed E-state index contributed by atoms with van der Waals surface area (Å²) in [7, 11) is 0. The van der Waals surface area contributed by atoms with Gasteiger partial charge in [0.2, 0.25) is 5.91 Å². The molecular formula is C17H13F2N3OS. The van der Waals surface area contributed by atoms with Gasteiger partial charge in [0, 0.05) is 18.1 Å². The van der Waals surface area contributed by atoms with E-state index in [0.717, 1.165) is 5.69 Å². The van der Waals surface area contributed by atoms with Gasteiger partial charge in [-0.25, -0.2) is 13.8 Å². The summed E-state index contributed by atoms with van der Waals surface area (Å²) < 4.78 is 28.3. The third kappa shape index (κ3) is 3.80. The van der Waals surface area contributed by atoms with E-state index in [-0.39, 0.29) is 23.2 Å². The van der Waals surface area contributed by atoms with Crippen molar-refractivity contribution in [1.29, 1.82) is 0 Å². The molecule has 122 valence electrons. The minimum atomic E-state index is -0.483. The van der Waals surface area contributed by atoms with Crippen LogP contribution in [0.3, 0.4) is 0 Å². The van der Waals surface area contributed by atoms with Crippen LogP contribution < -0.4 is 5.32 Å². The van der Waals surface area contributed by atoms with Crippen LogP contribution in [-0.4, -0.2) is 21.2 Å². The van der Waals surface area contributed by atoms with Crippen molar-refractivity contribution in [1.82, 2.24) is 9.55 Å². The Balaban J connectivity index is 1.65. The Morgan fingerprint density at radius 3 is 2.62 bits per heavy atom. The molecule has 2 aromatic carbocycles. The molecule has 0 unspecified atom stereocenters. The molecule has 0 spiro atoms. The van der Waals surface area contributed by atoms with Gasteiger partial charge in [0.05, 0.1) is 11.4 Å². The molecule has 0 saturated heterocycles. The van der Waals surface area contributed by atoms with Crippen molar-refractivity contribution in [2.45, 2.75) is 5.16 Å². The van der Waals surface area contributed by atoms with Crippen molar-refractivity contribution < 1.29 is 13.6 Å². The van der Waals surface area contributed by atoms with Crippen LogP contribution in [-0.2, 0) is 4.79 Å². The highest BCUT2D eigenvalue weighted by molar-refractivity contribution is 7.99. The standard InChI is InChI=1S/C17H13F2N3OS/c18-12-5-7-13(8-6-12)22-10-9-20-17(22)24-11-16(23)21-15-4-2-1-3-14(15)19/h1-10H,11H2,(H,21,23). The van der Waals surface area contributed by atoms with E-state index in [2.05, 4.69) is 10.3 Å². The van der Waals surface area contributed by atoms with Crippen LogP contribution in [0.1, 0.15) is 0 Å². The van der Waals surface area contributed by atoms with Crippen molar-refractivity contribution in [3.63, 3.8) is 0 Å². The zero-order chi connectivity index (χ0) is 16.9. The number of hydrogen-bond donors (Lipinski definition) is 1. The minimum absolute atomic E-state index is 0.0759. The second kappa shape index (κ2) is 7.27. The summed E-state index contributed by atoms with van der Waals surface area (Å²) in [4.78, 5) is 16.2. The van der Waals surface area contributed by atoms with Crippen LogP contribution in [0.15, 0.2) is 66.1 Å². The van der Waals surface area contributed by atoms with E-state index < -0.39 is 5.82 Å². The quantitative estimate of drug-likeness (QED) is 0.714. The number of nitrogens with zero attached hydrogens (tertiary/aromatic N) is 2. The van der Waals surface area contributed by atoms with Crippen LogP contribution in [0.5, 0.6) is 0 Å². The highest BCUT2D eigenvalue weighted by Gasteiger charge is 2.11. The summed E-state index contributed by atoms with van der Waals surface area (Å²) in [6.07, 6.45) is 3.32. The maximum Gasteiger partial charge on any atom is 0.234 e. The lowest BCUT2D eigenvalue weighted by Crippen LogP contribution is -2.15. The highest BCUT2D eigenvalue weighted by atomic mass is 32.2. The first-order chi connectivity index (χ1) is 11.6. The lowest BCUT2D eigenvalue weighted by Gasteiger charge is -2.08. The normalized spacial score (nSPS) is 10.6. The van der Waals surface area contributed by atoms with Crippen LogP contribution in [0.25, 0.3) is 5.69 Å². The third-order valence-electron chi connectivity index (χ3n) is 3.19. The second-order valence-corrected chi connectivity index (χ2v) is 5.82. The maximum atomic E-state index is 13.5.